The zero-order chi connectivity index (χ0) is 31.0. The summed E-state index contributed by atoms with van der Waals surface area (Å²) in [5, 5.41) is 4.65. The molecule has 2 N–H and O–H groups in total. The van der Waals surface area contributed by atoms with Crippen LogP contribution in [0.4, 0.5) is 4.39 Å². The van der Waals surface area contributed by atoms with Crippen LogP contribution in [0.25, 0.3) is 11.1 Å². The maximum Gasteiger partial charge on any atom is 0.247 e. The van der Waals surface area contributed by atoms with Crippen LogP contribution in [-0.4, -0.2) is 54.3 Å². The minimum Gasteiger partial charge on any atom is -0.351 e. The number of carbonyl (C=O) groups is 2. The Labute approximate surface area is 263 Å². The predicted molar refractivity (Wildman–Crippen MR) is 179 cm³/mol. The van der Waals surface area contributed by atoms with Crippen molar-refractivity contribution in [2.24, 2.45) is 5.41 Å². The van der Waals surface area contributed by atoms with E-state index in [-0.39, 0.29) is 29.8 Å². The summed E-state index contributed by atoms with van der Waals surface area (Å²) in [6.07, 6.45) is 16.5. The molecule has 2 aromatic rings. The SMILES string of the molecule is CC(F)(P)CNC(=O)C1(CCCCN2CCC(NC(=O)C3=CC=C4C=CC=CC4(C)C3)C2)c2ccccc2-c2ccccc21. The van der Waals surface area contributed by atoms with E-state index in [4.69, 9.17) is 0 Å². The average Bonchev–Trinajstić information content (AvgIpc) is 3.57. The molecule has 2 aromatic carbocycles. The Hall–Kier alpha value is -3.34. The molecule has 0 bridgehead atoms. The van der Waals surface area contributed by atoms with Crippen LogP contribution in [0.15, 0.2) is 96.1 Å². The zero-order valence-corrected chi connectivity index (χ0v) is 26.9. The number of hydrogen-bond acceptors (Lipinski definition) is 3. The second-order valence-electron chi connectivity index (χ2n) is 13.3. The van der Waals surface area contributed by atoms with Crippen molar-refractivity contribution in [2.75, 3.05) is 26.2 Å². The van der Waals surface area contributed by atoms with Crippen molar-refractivity contribution in [3.63, 3.8) is 0 Å². The van der Waals surface area contributed by atoms with Gasteiger partial charge >= 0.3 is 0 Å². The van der Waals surface area contributed by atoms with Crippen molar-refractivity contribution < 1.29 is 14.0 Å². The van der Waals surface area contributed by atoms with Gasteiger partial charge in [-0.15, -0.1) is 0 Å². The number of nitrogens with zero attached hydrogens (tertiary/aromatic N) is 1. The molecule has 3 aliphatic carbocycles. The van der Waals surface area contributed by atoms with Gasteiger partial charge in [0.25, 0.3) is 0 Å². The molecule has 4 aliphatic rings. The van der Waals surface area contributed by atoms with Gasteiger partial charge in [0, 0.05) is 30.1 Å². The number of nitrogens with one attached hydrogen (secondary N) is 2. The van der Waals surface area contributed by atoms with Gasteiger partial charge in [-0.1, -0.05) is 108 Å². The van der Waals surface area contributed by atoms with E-state index in [1.54, 1.807) is 0 Å². The van der Waals surface area contributed by atoms with Crippen LogP contribution in [0.3, 0.4) is 0 Å². The number of carbonyl (C=O) groups excluding carboxylic acids is 2. The second-order valence-corrected chi connectivity index (χ2v) is 14.5. The van der Waals surface area contributed by atoms with Crippen LogP contribution in [0, 0.1) is 5.41 Å². The first-order valence-electron chi connectivity index (χ1n) is 15.9. The van der Waals surface area contributed by atoms with Crippen LogP contribution in [-0.2, 0) is 15.0 Å². The molecule has 1 aliphatic heterocycles. The molecule has 1 saturated heterocycles. The molecule has 0 aromatic heterocycles. The molecule has 4 unspecified atom stereocenters. The van der Waals surface area contributed by atoms with Crippen LogP contribution in [0.2, 0.25) is 0 Å². The Morgan fingerprint density at radius 2 is 1.75 bits per heavy atom. The minimum absolute atomic E-state index is 0.0395. The van der Waals surface area contributed by atoms with Crippen molar-refractivity contribution in [2.45, 2.75) is 62.8 Å². The fourth-order valence-corrected chi connectivity index (χ4v) is 7.54. The van der Waals surface area contributed by atoms with Crippen molar-refractivity contribution >= 4 is 21.1 Å². The van der Waals surface area contributed by atoms with E-state index in [0.29, 0.717) is 12.8 Å². The molecule has 4 atom stereocenters. The zero-order valence-electron chi connectivity index (χ0n) is 25.7. The highest BCUT2D eigenvalue weighted by atomic mass is 31.0. The largest absolute Gasteiger partial charge is 0.351 e. The van der Waals surface area contributed by atoms with Crippen molar-refractivity contribution in [1.29, 1.82) is 0 Å². The van der Waals surface area contributed by atoms with E-state index in [2.05, 4.69) is 80.3 Å². The van der Waals surface area contributed by atoms with Gasteiger partial charge in [0.15, 0.2) is 0 Å². The molecule has 7 heteroatoms. The summed E-state index contributed by atoms with van der Waals surface area (Å²) >= 11 is 0. The Balaban J connectivity index is 1.08. The summed E-state index contributed by atoms with van der Waals surface area (Å²) in [5.74, 6) is -0.101. The van der Waals surface area contributed by atoms with Crippen LogP contribution >= 0.6 is 9.24 Å². The molecule has 0 saturated carbocycles. The number of benzene rings is 2. The summed E-state index contributed by atoms with van der Waals surface area (Å²) < 4.78 is 14.4. The van der Waals surface area contributed by atoms with Gasteiger partial charge in [0.1, 0.15) is 10.8 Å². The molecule has 44 heavy (non-hydrogen) atoms. The van der Waals surface area contributed by atoms with E-state index < -0.39 is 10.8 Å². The van der Waals surface area contributed by atoms with Crippen molar-refractivity contribution in [3.05, 3.63) is 107 Å². The molecule has 230 valence electrons. The van der Waals surface area contributed by atoms with Gasteiger partial charge in [-0.2, -0.15) is 0 Å². The predicted octanol–water partition coefficient (Wildman–Crippen LogP) is 6.38. The standard InChI is InChI=1S/C37H43FN3O2P/c1-35-19-8-7-11-27(35)17-16-26(23-35)33(42)40-28-18-22-41(24-28)21-10-9-20-37(34(43)39-25-36(2,38)44)31-14-5-3-12-29(31)30-13-4-6-15-32(30)37/h3-8,11-17,19,28H,9-10,18,20-25,44H2,1-2H3,(H,39,43)(H,40,42). The maximum atomic E-state index is 14.4. The molecule has 1 heterocycles. The number of fused-ring (bicyclic) bond motifs is 4. The Morgan fingerprint density at radius 1 is 1.05 bits per heavy atom. The third-order valence-corrected chi connectivity index (χ3v) is 9.96. The first-order chi connectivity index (χ1) is 21.1. The first kappa shape index (κ1) is 30.7. The Bertz CT molecular complexity index is 1520. The normalized spacial score (nSPS) is 24.4. The number of amides is 2. The lowest BCUT2D eigenvalue weighted by Gasteiger charge is -2.33. The highest BCUT2D eigenvalue weighted by Gasteiger charge is 2.48. The molecule has 2 amide bonds. The Morgan fingerprint density at radius 3 is 2.45 bits per heavy atom. The Kier molecular flexibility index (Phi) is 8.52. The maximum absolute atomic E-state index is 14.4. The fraction of sp³-hybridized carbons (Fsp3) is 0.405. The fourth-order valence-electron chi connectivity index (χ4n) is 7.44. The number of unbranched alkanes of at least 4 members (excludes halogenated alkanes) is 1. The van der Waals surface area contributed by atoms with Crippen molar-refractivity contribution in [3.8, 4) is 11.1 Å². The smallest absolute Gasteiger partial charge is 0.247 e. The van der Waals surface area contributed by atoms with Crippen molar-refractivity contribution in [1.82, 2.24) is 15.5 Å². The summed E-state index contributed by atoms with van der Waals surface area (Å²) in [6.45, 7) is 6.27. The lowest BCUT2D eigenvalue weighted by molar-refractivity contribution is -0.126. The van der Waals surface area contributed by atoms with Gasteiger partial charge in [0.05, 0.1) is 6.54 Å². The summed E-state index contributed by atoms with van der Waals surface area (Å²) in [7, 11) is 2.18. The summed E-state index contributed by atoms with van der Waals surface area (Å²) in [4.78, 5) is 29.6. The number of alkyl halides is 1. The molecular weight excluding hydrogens is 568 g/mol. The van der Waals surface area contributed by atoms with E-state index in [9.17, 15) is 14.0 Å². The van der Waals surface area contributed by atoms with E-state index in [1.165, 1.54) is 12.5 Å². The quantitative estimate of drug-likeness (QED) is 0.242. The minimum atomic E-state index is -1.58. The van der Waals surface area contributed by atoms with Gasteiger partial charge < -0.3 is 15.5 Å². The number of allylic oxidation sites excluding steroid dienone is 7. The van der Waals surface area contributed by atoms with E-state index >= 15 is 0 Å². The monoisotopic (exact) mass is 611 g/mol. The summed E-state index contributed by atoms with van der Waals surface area (Å²) in [6, 6.07) is 16.4. The number of rotatable bonds is 10. The van der Waals surface area contributed by atoms with E-state index in [0.717, 1.165) is 66.7 Å². The third-order valence-electron chi connectivity index (χ3n) is 9.75. The molecule has 0 radical (unpaired) electrons. The van der Waals surface area contributed by atoms with Gasteiger partial charge in [-0.3, -0.25) is 9.59 Å². The highest BCUT2D eigenvalue weighted by Crippen LogP contribution is 2.51. The molecule has 6 rings (SSSR count). The number of likely N-dealkylation sites (tertiary alicyclic amines) is 1. The average molecular weight is 612 g/mol. The lowest BCUT2D eigenvalue weighted by atomic mass is 9.71. The van der Waals surface area contributed by atoms with Crippen LogP contribution in [0.5, 0.6) is 0 Å². The van der Waals surface area contributed by atoms with Crippen LogP contribution < -0.4 is 10.6 Å². The van der Waals surface area contributed by atoms with Gasteiger partial charge in [-0.05, 0) is 67.0 Å². The molecule has 1 fully saturated rings. The molecular formula is C37H43FN3O2P. The van der Waals surface area contributed by atoms with Gasteiger partial charge in [0.2, 0.25) is 11.8 Å². The third kappa shape index (κ3) is 5.99. The first-order valence-corrected chi connectivity index (χ1v) is 16.4. The van der Waals surface area contributed by atoms with Gasteiger partial charge in [-0.25, -0.2) is 4.39 Å². The number of halogens is 1. The molecule has 5 nitrogen and oxygen atoms in total. The topological polar surface area (TPSA) is 61.4 Å². The highest BCUT2D eigenvalue weighted by molar-refractivity contribution is 7.18. The summed E-state index contributed by atoms with van der Waals surface area (Å²) in [5.41, 5.74) is 5.27. The van der Waals surface area contributed by atoms with E-state index in [1.807, 2.05) is 36.4 Å². The number of hydrogen-bond donors (Lipinski definition) is 2. The lowest BCUT2D eigenvalue weighted by Crippen LogP contribution is -2.47. The van der Waals surface area contributed by atoms with Crippen LogP contribution in [0.1, 0.15) is 57.1 Å². The second kappa shape index (κ2) is 12.2. The molecule has 0 spiro atoms.